The summed E-state index contributed by atoms with van der Waals surface area (Å²) in [6.07, 6.45) is 7.84. The number of hydrogen-bond acceptors (Lipinski definition) is 10. The molecule has 1 aliphatic rings. The zero-order valence-corrected chi connectivity index (χ0v) is 24.9. The lowest BCUT2D eigenvalue weighted by Crippen LogP contribution is -2.36. The molecule has 1 aliphatic heterocycles. The fourth-order valence-corrected chi connectivity index (χ4v) is 6.52. The van der Waals surface area contributed by atoms with Crippen LogP contribution in [0.5, 0.6) is 0 Å². The molecule has 0 aromatic carbocycles. The molecule has 0 unspecified atom stereocenters. The molecule has 0 aliphatic carbocycles. The van der Waals surface area contributed by atoms with Crippen LogP contribution in [0.2, 0.25) is 0 Å². The van der Waals surface area contributed by atoms with E-state index in [0.717, 1.165) is 54.8 Å². The lowest BCUT2D eigenvalue weighted by Gasteiger charge is -2.30. The maximum atomic E-state index is 12.4. The summed E-state index contributed by atoms with van der Waals surface area (Å²) >= 11 is 2.22. The van der Waals surface area contributed by atoms with Crippen LogP contribution in [0.15, 0.2) is 15.9 Å². The molecule has 2 aromatic rings. The van der Waals surface area contributed by atoms with E-state index in [2.05, 4.69) is 31.8 Å². The Morgan fingerprint density at radius 2 is 1.77 bits per heavy atom. The van der Waals surface area contributed by atoms with Crippen molar-refractivity contribution >= 4 is 46.7 Å². The molecule has 3 heterocycles. The van der Waals surface area contributed by atoms with E-state index >= 15 is 0 Å². The molecule has 8 nitrogen and oxygen atoms in total. The minimum atomic E-state index is -5.23. The molecule has 13 heteroatoms. The van der Waals surface area contributed by atoms with E-state index in [1.54, 1.807) is 0 Å². The monoisotopic (exact) mass is 601 g/mol. The van der Waals surface area contributed by atoms with E-state index in [1.807, 2.05) is 11.6 Å². The van der Waals surface area contributed by atoms with Gasteiger partial charge in [0.25, 0.3) is 0 Å². The predicted octanol–water partition coefficient (Wildman–Crippen LogP) is 6.59. The Hall–Kier alpha value is -2.41. The summed E-state index contributed by atoms with van der Waals surface area (Å²) in [5, 5.41) is 5.11. The van der Waals surface area contributed by atoms with Gasteiger partial charge < -0.3 is 15.0 Å². The number of esters is 2. The highest BCUT2D eigenvalue weighted by molar-refractivity contribution is 8.03. The summed E-state index contributed by atoms with van der Waals surface area (Å²) in [4.78, 5) is 39.4. The van der Waals surface area contributed by atoms with Gasteiger partial charge in [0.2, 0.25) is 5.95 Å². The first-order chi connectivity index (χ1) is 19.0. The maximum Gasteiger partial charge on any atom is 0.491 e. The van der Waals surface area contributed by atoms with Gasteiger partial charge in [-0.1, -0.05) is 44.4 Å². The first-order valence-electron chi connectivity index (χ1n) is 13.8. The van der Waals surface area contributed by atoms with Crippen molar-refractivity contribution in [2.24, 2.45) is 0 Å². The number of piperidine rings is 1. The van der Waals surface area contributed by atoms with Gasteiger partial charge in [0.1, 0.15) is 4.75 Å². The van der Waals surface area contributed by atoms with Gasteiger partial charge in [-0.05, 0) is 46.0 Å². The molecular weight excluding hydrogens is 563 g/mol. The summed E-state index contributed by atoms with van der Waals surface area (Å²) in [7, 11) is 0. The highest BCUT2D eigenvalue weighted by Gasteiger charge is 2.45. The van der Waals surface area contributed by atoms with Crippen LogP contribution in [0, 0.1) is 0 Å². The van der Waals surface area contributed by atoms with Crippen LogP contribution in [0.3, 0.4) is 0 Å². The third kappa shape index (κ3) is 9.90. The fraction of sp³-hybridized carbons (Fsp3) is 0.667. The molecule has 0 saturated carbocycles. The number of ether oxygens (including phenoxy) is 1. The number of nitrogens with zero attached hydrogens (tertiary/aromatic N) is 4. The summed E-state index contributed by atoms with van der Waals surface area (Å²) < 4.78 is 40.4. The lowest BCUT2D eigenvalue weighted by molar-refractivity contribution is -0.202. The molecule has 222 valence electrons. The zero-order valence-electron chi connectivity index (χ0n) is 23.3. The average molecular weight is 602 g/mol. The molecule has 0 atom stereocenters. The van der Waals surface area contributed by atoms with Crippen LogP contribution in [0.25, 0.3) is 0 Å². The number of thioether (sulfide) groups is 1. The van der Waals surface area contributed by atoms with Crippen molar-refractivity contribution in [3.05, 3.63) is 23.0 Å². The van der Waals surface area contributed by atoms with Crippen molar-refractivity contribution < 1.29 is 27.5 Å². The Bertz CT molecular complexity index is 1120. The lowest BCUT2D eigenvalue weighted by atomic mass is 10.1. The third-order valence-corrected chi connectivity index (χ3v) is 8.67. The highest BCUT2D eigenvalue weighted by atomic mass is 32.2. The smallest absolute Gasteiger partial charge is 0.385 e. The van der Waals surface area contributed by atoms with Crippen LogP contribution in [-0.2, 0) is 27.2 Å². The number of carbonyl (C=O) groups excluding carboxylic acids is 2. The highest BCUT2D eigenvalue weighted by Crippen LogP contribution is 2.36. The van der Waals surface area contributed by atoms with Crippen molar-refractivity contribution in [2.75, 3.05) is 29.9 Å². The minimum absolute atomic E-state index is 0.490. The van der Waals surface area contributed by atoms with Crippen molar-refractivity contribution in [2.45, 2.75) is 100 Å². The van der Waals surface area contributed by atoms with Crippen molar-refractivity contribution in [1.29, 1.82) is 0 Å². The van der Waals surface area contributed by atoms with Gasteiger partial charge in [0.15, 0.2) is 4.34 Å². The quantitative estimate of drug-likeness (QED) is 0.111. The molecule has 0 amide bonds. The zero-order chi connectivity index (χ0) is 29.2. The Kier molecular flexibility index (Phi) is 12.0. The number of anilines is 2. The number of nitrogens with one attached hydrogen (secondary N) is 1. The van der Waals surface area contributed by atoms with Gasteiger partial charge in [-0.2, -0.15) is 13.2 Å². The number of aryl methyl sites for hydroxylation is 1. The number of halogens is 3. The Balaban J connectivity index is 1.55. The summed E-state index contributed by atoms with van der Waals surface area (Å²) in [6, 6.07) is 0. The van der Waals surface area contributed by atoms with Gasteiger partial charge in [-0.25, -0.2) is 19.7 Å². The molecular formula is C27H38F3N5O3S2. The normalized spacial score (nSPS) is 14.3. The maximum absolute atomic E-state index is 12.4. The number of hydrogen-bond donors (Lipinski definition) is 1. The average Bonchev–Trinajstić information content (AvgIpc) is 3.35. The standard InChI is InChI=1S/C27H38F3N5O3S2/c1-4-5-6-7-9-12-20-21(35-15-10-8-11-16-35)17-32-24(34-20)31-14-13-19-18-39-25(33-19)40-26(2,3)22(36)38-23(37)27(28,29)30/h17-18H,4-16H2,1-3H3,(H,31,32,34). The first kappa shape index (κ1) is 32.1. The summed E-state index contributed by atoms with van der Waals surface area (Å²) in [5.74, 6) is -3.22. The van der Waals surface area contributed by atoms with Crippen LogP contribution in [0.1, 0.15) is 83.5 Å². The van der Waals surface area contributed by atoms with Gasteiger partial charge in [0.05, 0.1) is 23.3 Å². The molecule has 1 N–H and O–H groups in total. The second kappa shape index (κ2) is 15.0. The molecule has 1 saturated heterocycles. The van der Waals surface area contributed by atoms with Gasteiger partial charge in [-0.15, -0.1) is 11.3 Å². The summed E-state index contributed by atoms with van der Waals surface area (Å²) in [5.41, 5.74) is 2.98. The Morgan fingerprint density at radius 3 is 2.48 bits per heavy atom. The van der Waals surface area contributed by atoms with E-state index in [0.29, 0.717) is 23.3 Å². The number of rotatable bonds is 14. The molecule has 3 rings (SSSR count). The number of carbonyl (C=O) groups is 2. The number of aromatic nitrogens is 3. The molecule has 0 bridgehead atoms. The molecule has 2 aromatic heterocycles. The van der Waals surface area contributed by atoms with E-state index in [9.17, 15) is 22.8 Å². The van der Waals surface area contributed by atoms with Crippen LogP contribution >= 0.6 is 23.1 Å². The fourth-order valence-electron chi connectivity index (χ4n) is 4.25. The number of thiazole rings is 1. The SMILES string of the molecule is CCCCCCCc1nc(NCCc2csc(SC(C)(C)C(=O)OC(=O)C(F)(F)F)n2)ncc1N1CCCCC1. The van der Waals surface area contributed by atoms with Crippen LogP contribution < -0.4 is 10.2 Å². The molecule has 1 fully saturated rings. The molecule has 0 radical (unpaired) electrons. The third-order valence-electron chi connectivity index (χ3n) is 6.51. The second-order valence-electron chi connectivity index (χ2n) is 10.3. The van der Waals surface area contributed by atoms with Crippen molar-refractivity contribution in [1.82, 2.24) is 15.0 Å². The number of alkyl halides is 3. The minimum Gasteiger partial charge on any atom is -0.385 e. The van der Waals surface area contributed by atoms with E-state index in [1.165, 1.54) is 70.1 Å². The van der Waals surface area contributed by atoms with Crippen LogP contribution in [-0.4, -0.2) is 57.4 Å². The molecule has 40 heavy (non-hydrogen) atoms. The van der Waals surface area contributed by atoms with E-state index < -0.39 is 22.9 Å². The number of unbranched alkanes of at least 4 members (excludes halogenated alkanes) is 4. The van der Waals surface area contributed by atoms with Crippen molar-refractivity contribution in [3.63, 3.8) is 0 Å². The van der Waals surface area contributed by atoms with Crippen molar-refractivity contribution in [3.8, 4) is 0 Å². The summed E-state index contributed by atoms with van der Waals surface area (Å²) in [6.45, 7) is 7.60. The topological polar surface area (TPSA) is 97.3 Å². The molecule has 0 spiro atoms. The first-order valence-corrected chi connectivity index (χ1v) is 15.5. The van der Waals surface area contributed by atoms with E-state index in [-0.39, 0.29) is 0 Å². The van der Waals surface area contributed by atoms with Crippen LogP contribution in [0.4, 0.5) is 24.8 Å². The van der Waals surface area contributed by atoms with Gasteiger partial charge >= 0.3 is 18.1 Å². The van der Waals surface area contributed by atoms with Gasteiger partial charge in [-0.3, -0.25) is 4.79 Å². The Labute approximate surface area is 241 Å². The predicted molar refractivity (Wildman–Crippen MR) is 152 cm³/mol. The second-order valence-corrected chi connectivity index (χ2v) is 13.0. The largest absolute Gasteiger partial charge is 0.491 e. The van der Waals surface area contributed by atoms with Gasteiger partial charge in [0, 0.05) is 31.4 Å². The van der Waals surface area contributed by atoms with E-state index in [4.69, 9.17) is 4.98 Å². The Morgan fingerprint density at radius 1 is 1.05 bits per heavy atom.